The largest absolute Gasteiger partial charge is 0.471 e. The Kier molecular flexibility index (Phi) is 4.62. The third-order valence-electron chi connectivity index (χ3n) is 3.19. The predicted molar refractivity (Wildman–Crippen MR) is 54.9 cm³/mol. The van der Waals surface area contributed by atoms with Gasteiger partial charge in [-0.1, -0.05) is 32.1 Å². The number of rotatable bonds is 3. The molecular weight excluding hydrogens is 219 g/mol. The van der Waals surface area contributed by atoms with Crippen molar-refractivity contribution in [2.45, 2.75) is 44.7 Å². The van der Waals surface area contributed by atoms with Gasteiger partial charge in [-0.15, -0.1) is 0 Å². The minimum Gasteiger partial charge on any atom is -0.338 e. The zero-order valence-electron chi connectivity index (χ0n) is 9.52. The van der Waals surface area contributed by atoms with E-state index in [1.807, 2.05) is 0 Å². The maximum Gasteiger partial charge on any atom is 0.471 e. The Labute approximate surface area is 93.8 Å². The molecule has 0 saturated heterocycles. The van der Waals surface area contributed by atoms with Crippen molar-refractivity contribution in [2.24, 2.45) is 5.92 Å². The fourth-order valence-corrected chi connectivity index (χ4v) is 2.17. The zero-order valence-corrected chi connectivity index (χ0v) is 9.52. The quantitative estimate of drug-likeness (QED) is 0.739. The summed E-state index contributed by atoms with van der Waals surface area (Å²) >= 11 is 0. The molecule has 2 nitrogen and oxygen atoms in total. The minimum atomic E-state index is -4.73. The van der Waals surface area contributed by atoms with Crippen molar-refractivity contribution in [1.82, 2.24) is 4.90 Å². The molecule has 1 rings (SSSR count). The molecule has 1 saturated carbocycles. The topological polar surface area (TPSA) is 20.3 Å². The number of carbonyl (C=O) groups excluding carboxylic acids is 1. The van der Waals surface area contributed by atoms with Crippen LogP contribution in [0.5, 0.6) is 0 Å². The Balaban J connectivity index is 2.28. The number of alkyl halides is 3. The van der Waals surface area contributed by atoms with Crippen molar-refractivity contribution < 1.29 is 18.0 Å². The minimum absolute atomic E-state index is 0.211. The van der Waals surface area contributed by atoms with Crippen LogP contribution in [0.3, 0.4) is 0 Å². The first-order chi connectivity index (χ1) is 7.41. The Hall–Kier alpha value is -0.740. The summed E-state index contributed by atoms with van der Waals surface area (Å²) < 4.78 is 36.2. The van der Waals surface area contributed by atoms with Gasteiger partial charge in [0.05, 0.1) is 0 Å². The van der Waals surface area contributed by atoms with Crippen LogP contribution in [0.2, 0.25) is 0 Å². The molecule has 1 aliphatic carbocycles. The molecule has 0 spiro atoms. The molecule has 0 atom stereocenters. The molecule has 16 heavy (non-hydrogen) atoms. The molecule has 0 N–H and O–H groups in total. The third-order valence-corrected chi connectivity index (χ3v) is 3.19. The molecule has 0 radical (unpaired) electrons. The van der Waals surface area contributed by atoms with Gasteiger partial charge in [0.1, 0.15) is 0 Å². The zero-order chi connectivity index (χ0) is 12.2. The standard InChI is InChI=1S/C11H18F3NO/c1-15(10(16)11(12,13)14)8-7-9-5-3-2-4-6-9/h9H,2-8H2,1H3. The number of halogens is 3. The maximum absolute atomic E-state index is 12.1. The van der Waals surface area contributed by atoms with Crippen molar-refractivity contribution in [3.63, 3.8) is 0 Å². The summed E-state index contributed by atoms with van der Waals surface area (Å²) in [7, 11) is 1.22. The second kappa shape index (κ2) is 5.55. The van der Waals surface area contributed by atoms with Crippen LogP contribution < -0.4 is 0 Å². The smallest absolute Gasteiger partial charge is 0.338 e. The molecule has 1 fully saturated rings. The lowest BCUT2D eigenvalue weighted by atomic mass is 9.87. The van der Waals surface area contributed by atoms with Crippen LogP contribution in [0.25, 0.3) is 0 Å². The van der Waals surface area contributed by atoms with E-state index >= 15 is 0 Å². The van der Waals surface area contributed by atoms with E-state index in [0.29, 0.717) is 12.3 Å². The summed E-state index contributed by atoms with van der Waals surface area (Å²) in [6.45, 7) is 0.211. The molecule has 0 bridgehead atoms. The average molecular weight is 237 g/mol. The molecule has 0 heterocycles. The van der Waals surface area contributed by atoms with E-state index in [-0.39, 0.29) is 6.54 Å². The molecule has 1 amide bonds. The molecule has 0 unspecified atom stereocenters. The highest BCUT2D eigenvalue weighted by molar-refractivity contribution is 5.81. The summed E-state index contributed by atoms with van der Waals surface area (Å²) in [5.74, 6) is -1.24. The highest BCUT2D eigenvalue weighted by Crippen LogP contribution is 2.26. The Morgan fingerprint density at radius 2 is 1.81 bits per heavy atom. The lowest BCUT2D eigenvalue weighted by molar-refractivity contribution is -0.184. The third kappa shape index (κ3) is 4.02. The average Bonchev–Trinajstić information content (AvgIpc) is 2.25. The van der Waals surface area contributed by atoms with E-state index in [0.717, 1.165) is 17.7 Å². The highest BCUT2D eigenvalue weighted by atomic mass is 19.4. The van der Waals surface area contributed by atoms with Crippen LogP contribution in [0.4, 0.5) is 13.2 Å². The van der Waals surface area contributed by atoms with Gasteiger partial charge >= 0.3 is 12.1 Å². The van der Waals surface area contributed by atoms with Gasteiger partial charge in [-0.05, 0) is 12.3 Å². The number of carbonyl (C=O) groups is 1. The SMILES string of the molecule is CN(CCC1CCCCC1)C(=O)C(F)(F)F. The molecular formula is C11H18F3NO. The van der Waals surface area contributed by atoms with Crippen molar-refractivity contribution in [2.75, 3.05) is 13.6 Å². The van der Waals surface area contributed by atoms with Gasteiger partial charge in [-0.2, -0.15) is 13.2 Å². The Morgan fingerprint density at radius 3 is 2.31 bits per heavy atom. The van der Waals surface area contributed by atoms with Gasteiger partial charge in [0, 0.05) is 13.6 Å². The van der Waals surface area contributed by atoms with E-state index < -0.39 is 12.1 Å². The van der Waals surface area contributed by atoms with E-state index in [1.165, 1.54) is 26.3 Å². The second-order valence-corrected chi connectivity index (χ2v) is 4.52. The first-order valence-corrected chi connectivity index (χ1v) is 5.73. The van der Waals surface area contributed by atoms with Gasteiger partial charge in [0.2, 0.25) is 0 Å². The van der Waals surface area contributed by atoms with Gasteiger partial charge in [-0.3, -0.25) is 4.79 Å². The van der Waals surface area contributed by atoms with E-state index in [4.69, 9.17) is 0 Å². The van der Waals surface area contributed by atoms with Crippen molar-refractivity contribution >= 4 is 5.91 Å². The van der Waals surface area contributed by atoms with Crippen molar-refractivity contribution in [3.05, 3.63) is 0 Å². The van der Waals surface area contributed by atoms with Crippen LogP contribution in [0.15, 0.2) is 0 Å². The predicted octanol–water partition coefficient (Wildman–Crippen LogP) is 2.98. The highest BCUT2D eigenvalue weighted by Gasteiger charge is 2.41. The first-order valence-electron chi connectivity index (χ1n) is 5.73. The molecule has 1 aliphatic rings. The van der Waals surface area contributed by atoms with Crippen LogP contribution >= 0.6 is 0 Å². The molecule has 0 aromatic rings. The van der Waals surface area contributed by atoms with E-state index in [9.17, 15) is 18.0 Å². The Morgan fingerprint density at radius 1 is 1.25 bits per heavy atom. The number of nitrogens with zero attached hydrogens (tertiary/aromatic N) is 1. The normalized spacial score (nSPS) is 18.5. The number of amides is 1. The van der Waals surface area contributed by atoms with Gasteiger partial charge in [0.25, 0.3) is 0 Å². The summed E-state index contributed by atoms with van der Waals surface area (Å²) in [5, 5.41) is 0. The van der Waals surface area contributed by atoms with Crippen molar-refractivity contribution in [3.8, 4) is 0 Å². The van der Waals surface area contributed by atoms with Crippen LogP contribution in [0.1, 0.15) is 38.5 Å². The van der Waals surface area contributed by atoms with E-state index in [2.05, 4.69) is 0 Å². The van der Waals surface area contributed by atoms with Gasteiger partial charge in [-0.25, -0.2) is 0 Å². The molecule has 0 aliphatic heterocycles. The lowest BCUT2D eigenvalue weighted by Crippen LogP contribution is -2.39. The van der Waals surface area contributed by atoms with Crippen LogP contribution in [0, 0.1) is 5.92 Å². The van der Waals surface area contributed by atoms with Crippen LogP contribution in [-0.4, -0.2) is 30.6 Å². The van der Waals surface area contributed by atoms with E-state index in [1.54, 1.807) is 0 Å². The number of hydrogen-bond acceptors (Lipinski definition) is 1. The second-order valence-electron chi connectivity index (χ2n) is 4.52. The Bertz CT molecular complexity index is 234. The summed E-state index contributed by atoms with van der Waals surface area (Å²) in [4.78, 5) is 11.6. The number of hydrogen-bond donors (Lipinski definition) is 0. The summed E-state index contributed by atoms with van der Waals surface area (Å²) in [5.41, 5.74) is 0. The molecule has 5 heteroatoms. The molecule has 0 aromatic heterocycles. The fraction of sp³-hybridized carbons (Fsp3) is 0.909. The maximum atomic E-state index is 12.1. The monoisotopic (exact) mass is 237 g/mol. The lowest BCUT2D eigenvalue weighted by Gasteiger charge is -2.25. The first kappa shape index (κ1) is 13.3. The van der Waals surface area contributed by atoms with Gasteiger partial charge < -0.3 is 4.90 Å². The molecule has 0 aromatic carbocycles. The molecule has 94 valence electrons. The van der Waals surface area contributed by atoms with Gasteiger partial charge in [0.15, 0.2) is 0 Å². The van der Waals surface area contributed by atoms with Crippen molar-refractivity contribution in [1.29, 1.82) is 0 Å². The fourth-order valence-electron chi connectivity index (χ4n) is 2.17. The summed E-state index contributed by atoms with van der Waals surface area (Å²) in [6.07, 6.45) is 1.71. The summed E-state index contributed by atoms with van der Waals surface area (Å²) in [6, 6.07) is 0. The van der Waals surface area contributed by atoms with Crippen LogP contribution in [-0.2, 0) is 4.79 Å².